The maximum Gasteiger partial charge on any atom is 0.354 e. The molecule has 0 atom stereocenters. The Labute approximate surface area is 86.5 Å². The molecule has 6 nitrogen and oxygen atoms in total. The second-order valence-electron chi connectivity index (χ2n) is 3.29. The van der Waals surface area contributed by atoms with Gasteiger partial charge in [-0.2, -0.15) is 4.68 Å². The SMILES string of the molecule is CCCCn1c(=O)[nH]n(C(=O)CC)c1=O. The van der Waals surface area contributed by atoms with E-state index < -0.39 is 17.3 Å². The van der Waals surface area contributed by atoms with Gasteiger partial charge >= 0.3 is 11.4 Å². The summed E-state index contributed by atoms with van der Waals surface area (Å²) in [4.78, 5) is 34.1. The summed E-state index contributed by atoms with van der Waals surface area (Å²) in [5, 5.41) is 2.23. The Bertz CT molecular complexity index is 452. The molecule has 6 heteroatoms. The van der Waals surface area contributed by atoms with Crippen molar-refractivity contribution in [2.75, 3.05) is 0 Å². The van der Waals surface area contributed by atoms with Gasteiger partial charge in [0, 0.05) is 13.0 Å². The third kappa shape index (κ3) is 2.26. The quantitative estimate of drug-likeness (QED) is 0.775. The highest BCUT2D eigenvalue weighted by molar-refractivity contribution is 5.77. The lowest BCUT2D eigenvalue weighted by Gasteiger charge is -1.96. The predicted octanol–water partition coefficient (Wildman–Crippen LogP) is 0.188. The molecule has 1 aromatic heterocycles. The molecule has 1 heterocycles. The van der Waals surface area contributed by atoms with Crippen LogP contribution in [0.25, 0.3) is 0 Å². The summed E-state index contributed by atoms with van der Waals surface area (Å²) >= 11 is 0. The van der Waals surface area contributed by atoms with Gasteiger partial charge in [-0.1, -0.05) is 20.3 Å². The highest BCUT2D eigenvalue weighted by Crippen LogP contribution is 1.88. The second kappa shape index (κ2) is 4.77. The molecule has 0 aromatic carbocycles. The van der Waals surface area contributed by atoms with Crippen molar-refractivity contribution in [2.24, 2.45) is 0 Å². The van der Waals surface area contributed by atoms with Crippen molar-refractivity contribution in [3.63, 3.8) is 0 Å². The summed E-state index contributed by atoms with van der Waals surface area (Å²) in [5.74, 6) is -0.396. The van der Waals surface area contributed by atoms with E-state index in [1.807, 2.05) is 6.92 Å². The van der Waals surface area contributed by atoms with E-state index in [0.717, 1.165) is 22.1 Å². The van der Waals surface area contributed by atoms with Crippen LogP contribution in [0.1, 0.15) is 37.9 Å². The fourth-order valence-corrected chi connectivity index (χ4v) is 1.25. The number of hydrogen-bond donors (Lipinski definition) is 1. The number of carbonyl (C=O) groups is 1. The van der Waals surface area contributed by atoms with Crippen molar-refractivity contribution >= 4 is 5.91 Å². The lowest BCUT2D eigenvalue weighted by atomic mass is 10.3. The van der Waals surface area contributed by atoms with Gasteiger partial charge in [0.2, 0.25) is 5.91 Å². The summed E-state index contributed by atoms with van der Waals surface area (Å²) in [7, 11) is 0. The summed E-state index contributed by atoms with van der Waals surface area (Å²) in [6.45, 7) is 3.96. The van der Waals surface area contributed by atoms with E-state index in [1.165, 1.54) is 0 Å². The lowest BCUT2D eigenvalue weighted by Crippen LogP contribution is -2.31. The molecular weight excluding hydrogens is 198 g/mol. The molecule has 1 aromatic rings. The van der Waals surface area contributed by atoms with Crippen molar-refractivity contribution in [2.45, 2.75) is 39.7 Å². The van der Waals surface area contributed by atoms with Gasteiger partial charge in [-0.25, -0.2) is 19.3 Å². The number of carbonyl (C=O) groups excluding carboxylic acids is 1. The number of nitrogens with zero attached hydrogens (tertiary/aromatic N) is 2. The van der Waals surface area contributed by atoms with Crippen LogP contribution in [0.15, 0.2) is 9.59 Å². The number of rotatable bonds is 4. The van der Waals surface area contributed by atoms with Gasteiger partial charge in [0.25, 0.3) is 0 Å². The first-order valence-electron chi connectivity index (χ1n) is 5.06. The Morgan fingerprint density at radius 3 is 2.53 bits per heavy atom. The van der Waals surface area contributed by atoms with Crippen LogP contribution in [-0.2, 0) is 6.54 Å². The van der Waals surface area contributed by atoms with Crippen molar-refractivity contribution < 1.29 is 4.79 Å². The molecule has 0 saturated carbocycles. The molecule has 0 fully saturated rings. The molecule has 1 rings (SSSR count). The van der Waals surface area contributed by atoms with Crippen LogP contribution in [0, 0.1) is 0 Å². The highest BCUT2D eigenvalue weighted by atomic mass is 16.2. The minimum Gasteiger partial charge on any atom is -0.272 e. The zero-order valence-electron chi connectivity index (χ0n) is 8.95. The van der Waals surface area contributed by atoms with E-state index in [2.05, 4.69) is 5.10 Å². The Morgan fingerprint density at radius 1 is 1.33 bits per heavy atom. The molecule has 0 unspecified atom stereocenters. The molecule has 0 aliphatic rings. The summed E-state index contributed by atoms with van der Waals surface area (Å²) in [6, 6.07) is 0. The van der Waals surface area contributed by atoms with Crippen LogP contribution in [0.2, 0.25) is 0 Å². The number of hydrogen-bond acceptors (Lipinski definition) is 3. The number of nitrogens with one attached hydrogen (secondary N) is 1. The third-order valence-electron chi connectivity index (χ3n) is 2.16. The Morgan fingerprint density at radius 2 is 2.00 bits per heavy atom. The normalized spacial score (nSPS) is 10.5. The molecular formula is C9H15N3O3. The number of unbranched alkanes of at least 4 members (excludes halogenated alkanes) is 1. The molecule has 84 valence electrons. The van der Waals surface area contributed by atoms with E-state index in [1.54, 1.807) is 6.92 Å². The molecule has 0 bridgehead atoms. The first-order chi connectivity index (χ1) is 7.11. The van der Waals surface area contributed by atoms with Gasteiger partial charge in [0.15, 0.2) is 0 Å². The largest absolute Gasteiger partial charge is 0.354 e. The summed E-state index contributed by atoms with van der Waals surface area (Å²) < 4.78 is 1.83. The van der Waals surface area contributed by atoms with Gasteiger partial charge in [-0.05, 0) is 6.42 Å². The Hall–Kier alpha value is -1.59. The van der Waals surface area contributed by atoms with Crippen molar-refractivity contribution in [3.8, 4) is 0 Å². The monoisotopic (exact) mass is 213 g/mol. The molecule has 0 aliphatic carbocycles. The van der Waals surface area contributed by atoms with Gasteiger partial charge in [-0.15, -0.1) is 0 Å². The van der Waals surface area contributed by atoms with Crippen LogP contribution < -0.4 is 11.4 Å². The van der Waals surface area contributed by atoms with E-state index in [9.17, 15) is 14.4 Å². The standard InChI is InChI=1S/C9H15N3O3/c1-3-5-6-11-8(14)10-12(9(11)15)7(13)4-2/h3-6H2,1-2H3,(H,10,14). The zero-order valence-corrected chi connectivity index (χ0v) is 8.95. The molecule has 0 saturated heterocycles. The number of H-pyrrole nitrogens is 1. The molecule has 0 amide bonds. The van der Waals surface area contributed by atoms with Gasteiger partial charge < -0.3 is 0 Å². The van der Waals surface area contributed by atoms with Gasteiger partial charge in [0.05, 0.1) is 0 Å². The zero-order chi connectivity index (χ0) is 11.4. The van der Waals surface area contributed by atoms with E-state index in [-0.39, 0.29) is 6.42 Å². The fourth-order valence-electron chi connectivity index (χ4n) is 1.25. The minimum atomic E-state index is -0.569. The Kier molecular flexibility index (Phi) is 3.65. The third-order valence-corrected chi connectivity index (χ3v) is 2.16. The first kappa shape index (κ1) is 11.5. The smallest absolute Gasteiger partial charge is 0.272 e. The van der Waals surface area contributed by atoms with Crippen LogP contribution >= 0.6 is 0 Å². The first-order valence-corrected chi connectivity index (χ1v) is 5.06. The van der Waals surface area contributed by atoms with Crippen LogP contribution in [0.4, 0.5) is 0 Å². The maximum absolute atomic E-state index is 11.6. The molecule has 0 aliphatic heterocycles. The molecule has 0 radical (unpaired) electrons. The number of aromatic nitrogens is 3. The second-order valence-corrected chi connectivity index (χ2v) is 3.29. The van der Waals surface area contributed by atoms with Crippen molar-refractivity contribution in [3.05, 3.63) is 21.0 Å². The minimum absolute atomic E-state index is 0.188. The molecule has 1 N–H and O–H groups in total. The predicted molar refractivity (Wildman–Crippen MR) is 55.1 cm³/mol. The lowest BCUT2D eigenvalue weighted by molar-refractivity contribution is 0.0887. The van der Waals surface area contributed by atoms with Gasteiger partial charge in [0.1, 0.15) is 0 Å². The van der Waals surface area contributed by atoms with Crippen LogP contribution in [-0.4, -0.2) is 20.3 Å². The maximum atomic E-state index is 11.6. The Balaban J connectivity index is 3.10. The summed E-state index contributed by atoms with van der Waals surface area (Å²) in [5.41, 5.74) is -1.09. The number of aromatic amines is 1. The van der Waals surface area contributed by atoms with Crippen molar-refractivity contribution in [1.29, 1.82) is 0 Å². The van der Waals surface area contributed by atoms with Gasteiger partial charge in [-0.3, -0.25) is 4.79 Å². The topological polar surface area (TPSA) is 76.9 Å². The van der Waals surface area contributed by atoms with Crippen molar-refractivity contribution in [1.82, 2.24) is 14.3 Å². The average Bonchev–Trinajstić information content (AvgIpc) is 2.51. The molecule has 0 spiro atoms. The molecule has 15 heavy (non-hydrogen) atoms. The van der Waals surface area contributed by atoms with E-state index in [4.69, 9.17) is 0 Å². The van der Waals surface area contributed by atoms with E-state index in [0.29, 0.717) is 6.54 Å². The fraction of sp³-hybridized carbons (Fsp3) is 0.667. The highest BCUT2D eigenvalue weighted by Gasteiger charge is 2.12. The summed E-state index contributed by atoms with van der Waals surface area (Å²) in [6.07, 6.45) is 1.82. The average molecular weight is 213 g/mol. The van der Waals surface area contributed by atoms with Crippen LogP contribution in [0.5, 0.6) is 0 Å². The van der Waals surface area contributed by atoms with Crippen LogP contribution in [0.3, 0.4) is 0 Å². The van der Waals surface area contributed by atoms with E-state index >= 15 is 0 Å².